The molecule has 0 aliphatic carbocycles. The van der Waals surface area contributed by atoms with E-state index < -0.39 is 10.0 Å². The third kappa shape index (κ3) is 4.41. The Morgan fingerprint density at radius 3 is 2.84 bits per heavy atom. The van der Waals surface area contributed by atoms with Crippen molar-refractivity contribution in [3.05, 3.63) is 0 Å². The van der Waals surface area contributed by atoms with E-state index in [-0.39, 0.29) is 5.54 Å². The summed E-state index contributed by atoms with van der Waals surface area (Å²) in [5, 5.41) is 0. The van der Waals surface area contributed by atoms with Gasteiger partial charge in [-0.1, -0.05) is 0 Å². The summed E-state index contributed by atoms with van der Waals surface area (Å²) in [7, 11) is -3.06. The topological polar surface area (TPSA) is 72.6 Å². The Kier molecular flexibility index (Phi) is 4.87. The lowest BCUT2D eigenvalue weighted by Gasteiger charge is -2.37. The molecule has 112 valence electrons. The maximum Gasteiger partial charge on any atom is 0.211 e. The molecule has 6 heteroatoms. The van der Waals surface area contributed by atoms with Gasteiger partial charge in [0.05, 0.1) is 6.26 Å². The Balaban J connectivity index is 1.94. The second-order valence-corrected chi connectivity index (χ2v) is 8.14. The SMILES string of the molecule is CS(=O)(=O)N1CCCC(CC2(N)CCCOCC2)C1. The van der Waals surface area contributed by atoms with Gasteiger partial charge >= 0.3 is 0 Å². The standard InChI is InChI=1S/C13H26N2O3S/c1-19(16,17)15-7-2-4-12(11-15)10-13(14)5-3-8-18-9-6-13/h12H,2-11,14H2,1H3. The Labute approximate surface area is 116 Å². The summed E-state index contributed by atoms with van der Waals surface area (Å²) in [5.41, 5.74) is 6.33. The fraction of sp³-hybridized carbons (Fsp3) is 1.00. The van der Waals surface area contributed by atoms with E-state index in [0.717, 1.165) is 51.7 Å². The number of ether oxygens (including phenoxy) is 1. The molecule has 0 amide bonds. The maximum atomic E-state index is 11.6. The molecular formula is C13H26N2O3S. The fourth-order valence-corrected chi connectivity index (χ4v) is 4.24. The van der Waals surface area contributed by atoms with Crippen LogP contribution >= 0.6 is 0 Å². The van der Waals surface area contributed by atoms with Crippen LogP contribution in [0.5, 0.6) is 0 Å². The molecule has 2 N–H and O–H groups in total. The number of hydrogen-bond acceptors (Lipinski definition) is 4. The van der Waals surface area contributed by atoms with E-state index in [1.807, 2.05) is 0 Å². The van der Waals surface area contributed by atoms with Crippen LogP contribution in [0.3, 0.4) is 0 Å². The molecule has 0 bridgehead atoms. The van der Waals surface area contributed by atoms with E-state index >= 15 is 0 Å². The number of rotatable bonds is 3. The van der Waals surface area contributed by atoms with Gasteiger partial charge in [0.2, 0.25) is 10.0 Å². The van der Waals surface area contributed by atoms with E-state index in [1.165, 1.54) is 6.26 Å². The molecule has 2 unspecified atom stereocenters. The Morgan fingerprint density at radius 1 is 1.32 bits per heavy atom. The molecule has 19 heavy (non-hydrogen) atoms. The minimum Gasteiger partial charge on any atom is -0.381 e. The first kappa shape index (κ1) is 15.2. The summed E-state index contributed by atoms with van der Waals surface area (Å²) < 4.78 is 30.3. The number of piperidine rings is 1. The molecule has 0 saturated carbocycles. The van der Waals surface area contributed by atoms with Crippen molar-refractivity contribution < 1.29 is 13.2 Å². The first-order chi connectivity index (χ1) is 8.89. The molecule has 2 fully saturated rings. The first-order valence-electron chi connectivity index (χ1n) is 7.21. The third-order valence-electron chi connectivity index (χ3n) is 4.35. The average Bonchev–Trinajstić information content (AvgIpc) is 2.53. The van der Waals surface area contributed by atoms with Crippen LogP contribution in [0.15, 0.2) is 0 Å². The molecular weight excluding hydrogens is 264 g/mol. The van der Waals surface area contributed by atoms with Crippen LogP contribution in [0, 0.1) is 5.92 Å². The highest BCUT2D eigenvalue weighted by atomic mass is 32.2. The van der Waals surface area contributed by atoms with Crippen LogP contribution in [0.2, 0.25) is 0 Å². The molecule has 0 spiro atoms. The minimum absolute atomic E-state index is 0.165. The largest absolute Gasteiger partial charge is 0.381 e. The van der Waals surface area contributed by atoms with Crippen molar-refractivity contribution in [1.82, 2.24) is 4.31 Å². The van der Waals surface area contributed by atoms with E-state index in [9.17, 15) is 8.42 Å². The highest BCUT2D eigenvalue weighted by Gasteiger charge is 2.33. The lowest BCUT2D eigenvalue weighted by Crippen LogP contribution is -2.46. The molecule has 0 aromatic heterocycles. The van der Waals surface area contributed by atoms with Crippen LogP contribution in [-0.4, -0.2) is 50.8 Å². The van der Waals surface area contributed by atoms with Crippen LogP contribution < -0.4 is 5.73 Å². The summed E-state index contributed by atoms with van der Waals surface area (Å²) in [4.78, 5) is 0. The summed E-state index contributed by atoms with van der Waals surface area (Å²) in [6, 6.07) is 0. The predicted octanol–water partition coefficient (Wildman–Crippen LogP) is 0.946. The molecule has 2 saturated heterocycles. The van der Waals surface area contributed by atoms with Crippen LogP contribution in [0.4, 0.5) is 0 Å². The lowest BCUT2D eigenvalue weighted by molar-refractivity contribution is 0.134. The second-order valence-electron chi connectivity index (χ2n) is 6.16. The molecule has 2 aliphatic heterocycles. The lowest BCUT2D eigenvalue weighted by atomic mass is 9.80. The van der Waals surface area contributed by atoms with Crippen LogP contribution in [0.25, 0.3) is 0 Å². The third-order valence-corrected chi connectivity index (χ3v) is 5.62. The van der Waals surface area contributed by atoms with Crippen LogP contribution in [0.1, 0.15) is 38.5 Å². The number of nitrogens with two attached hydrogens (primary N) is 1. The normalized spacial score (nSPS) is 34.9. The predicted molar refractivity (Wildman–Crippen MR) is 75.3 cm³/mol. The molecule has 2 rings (SSSR count). The maximum absolute atomic E-state index is 11.6. The zero-order chi connectivity index (χ0) is 13.9. The van der Waals surface area contributed by atoms with Crippen molar-refractivity contribution in [1.29, 1.82) is 0 Å². The molecule has 0 aromatic rings. The summed E-state index contributed by atoms with van der Waals surface area (Å²) >= 11 is 0. The van der Waals surface area contributed by atoms with Crippen molar-refractivity contribution >= 4 is 10.0 Å². The zero-order valence-corrected chi connectivity index (χ0v) is 12.6. The second kappa shape index (κ2) is 6.08. The van der Waals surface area contributed by atoms with Crippen molar-refractivity contribution in [3.8, 4) is 0 Å². The molecule has 5 nitrogen and oxygen atoms in total. The van der Waals surface area contributed by atoms with Gasteiger partial charge in [0.1, 0.15) is 0 Å². The van der Waals surface area contributed by atoms with E-state index in [1.54, 1.807) is 4.31 Å². The van der Waals surface area contributed by atoms with Crippen LogP contribution in [-0.2, 0) is 14.8 Å². The first-order valence-corrected chi connectivity index (χ1v) is 9.06. The Bertz CT molecular complexity index is 389. The number of hydrogen-bond donors (Lipinski definition) is 1. The van der Waals surface area contributed by atoms with Gasteiger partial charge in [-0.05, 0) is 44.4 Å². The van der Waals surface area contributed by atoms with E-state index in [0.29, 0.717) is 19.0 Å². The molecule has 0 aromatic carbocycles. The number of nitrogens with zero attached hydrogens (tertiary/aromatic N) is 1. The van der Waals surface area contributed by atoms with Gasteiger partial charge in [-0.25, -0.2) is 12.7 Å². The Hall–Kier alpha value is -0.170. The van der Waals surface area contributed by atoms with Gasteiger partial charge in [-0.2, -0.15) is 0 Å². The molecule has 2 atom stereocenters. The van der Waals surface area contributed by atoms with Crippen molar-refractivity contribution in [2.75, 3.05) is 32.6 Å². The molecule has 0 radical (unpaired) electrons. The van der Waals surface area contributed by atoms with E-state index in [2.05, 4.69) is 0 Å². The highest BCUT2D eigenvalue weighted by Crippen LogP contribution is 2.31. The monoisotopic (exact) mass is 290 g/mol. The quantitative estimate of drug-likeness (QED) is 0.840. The van der Waals surface area contributed by atoms with Gasteiger partial charge in [-0.15, -0.1) is 0 Å². The average molecular weight is 290 g/mol. The Morgan fingerprint density at radius 2 is 2.11 bits per heavy atom. The molecule has 2 aliphatic rings. The van der Waals surface area contributed by atoms with Gasteiger partial charge in [0.15, 0.2) is 0 Å². The van der Waals surface area contributed by atoms with Gasteiger partial charge in [0.25, 0.3) is 0 Å². The van der Waals surface area contributed by atoms with Gasteiger partial charge in [-0.3, -0.25) is 0 Å². The van der Waals surface area contributed by atoms with Crippen molar-refractivity contribution in [3.63, 3.8) is 0 Å². The summed E-state index contributed by atoms with van der Waals surface area (Å²) in [6.45, 7) is 2.84. The van der Waals surface area contributed by atoms with E-state index in [4.69, 9.17) is 10.5 Å². The highest BCUT2D eigenvalue weighted by molar-refractivity contribution is 7.88. The fourth-order valence-electron chi connectivity index (χ4n) is 3.30. The minimum atomic E-state index is -3.06. The number of sulfonamides is 1. The zero-order valence-electron chi connectivity index (χ0n) is 11.8. The summed E-state index contributed by atoms with van der Waals surface area (Å²) in [5.74, 6) is 0.395. The van der Waals surface area contributed by atoms with Crippen molar-refractivity contribution in [2.24, 2.45) is 11.7 Å². The van der Waals surface area contributed by atoms with Gasteiger partial charge in [0, 0.05) is 31.8 Å². The van der Waals surface area contributed by atoms with Gasteiger partial charge < -0.3 is 10.5 Å². The summed E-state index contributed by atoms with van der Waals surface area (Å²) in [6.07, 6.45) is 7.15. The van der Waals surface area contributed by atoms with Crippen molar-refractivity contribution in [2.45, 2.75) is 44.1 Å². The smallest absolute Gasteiger partial charge is 0.211 e. The molecule has 2 heterocycles.